The van der Waals surface area contributed by atoms with Crippen LogP contribution in [0.25, 0.3) is 0 Å². The van der Waals surface area contributed by atoms with Crippen LogP contribution in [-0.4, -0.2) is 39.1 Å². The van der Waals surface area contributed by atoms with Gasteiger partial charge in [0.25, 0.3) is 0 Å². The van der Waals surface area contributed by atoms with Gasteiger partial charge in [0, 0.05) is 44.0 Å². The molecule has 1 amide bonds. The van der Waals surface area contributed by atoms with Gasteiger partial charge in [0.05, 0.1) is 0 Å². The molecule has 5 nitrogen and oxygen atoms in total. The molecule has 1 aliphatic rings. The van der Waals surface area contributed by atoms with Crippen LogP contribution in [0.2, 0.25) is 0 Å². The number of hydrogen-bond donors (Lipinski definition) is 0. The molecule has 152 valence electrons. The first-order valence-electron chi connectivity index (χ1n) is 10.4. The van der Waals surface area contributed by atoms with E-state index in [0.717, 1.165) is 18.7 Å². The van der Waals surface area contributed by atoms with Gasteiger partial charge in [0.15, 0.2) is 0 Å². The molecule has 2 aromatic rings. The van der Waals surface area contributed by atoms with Crippen molar-refractivity contribution in [1.29, 1.82) is 0 Å². The van der Waals surface area contributed by atoms with Crippen molar-refractivity contribution in [3.8, 4) is 5.88 Å². The van der Waals surface area contributed by atoms with Gasteiger partial charge in [-0.3, -0.25) is 4.90 Å². The van der Waals surface area contributed by atoms with E-state index in [9.17, 15) is 4.79 Å². The molecule has 5 heteroatoms. The quantitative estimate of drug-likeness (QED) is 0.718. The number of carbonyl (C=O) groups is 1. The molecule has 0 saturated carbocycles. The lowest BCUT2D eigenvalue weighted by Gasteiger charge is -2.33. The van der Waals surface area contributed by atoms with Crippen LogP contribution in [0.3, 0.4) is 0 Å². The van der Waals surface area contributed by atoms with E-state index in [1.165, 1.54) is 25.0 Å². The second-order valence-corrected chi connectivity index (χ2v) is 8.11. The Morgan fingerprint density at radius 2 is 1.93 bits per heavy atom. The maximum Gasteiger partial charge on any atom is 0.417 e. The van der Waals surface area contributed by atoms with Crippen molar-refractivity contribution in [2.75, 3.05) is 6.54 Å². The number of ether oxygens (including phenoxy) is 1. The smallest absolute Gasteiger partial charge is 0.393 e. The highest BCUT2D eigenvalue weighted by atomic mass is 16.6. The third-order valence-corrected chi connectivity index (χ3v) is 5.73. The topological polar surface area (TPSA) is 37.7 Å². The van der Waals surface area contributed by atoms with Crippen molar-refractivity contribution in [3.63, 3.8) is 0 Å². The Hall–Kier alpha value is -2.27. The maximum atomic E-state index is 12.8. The predicted octanol–water partition coefficient (Wildman–Crippen LogP) is 4.81. The molecule has 1 unspecified atom stereocenters. The maximum absolute atomic E-state index is 12.8. The van der Waals surface area contributed by atoms with Crippen LogP contribution in [0, 0.1) is 0 Å². The number of aromatic nitrogens is 1. The van der Waals surface area contributed by atoms with Crippen molar-refractivity contribution >= 4 is 6.09 Å². The molecule has 1 aliphatic heterocycles. The molecule has 1 aromatic heterocycles. The van der Waals surface area contributed by atoms with Gasteiger partial charge >= 0.3 is 6.09 Å². The lowest BCUT2D eigenvalue weighted by atomic mass is 10.0. The summed E-state index contributed by atoms with van der Waals surface area (Å²) in [6.07, 6.45) is 3.53. The van der Waals surface area contributed by atoms with Crippen molar-refractivity contribution < 1.29 is 9.53 Å². The molecule has 1 aromatic carbocycles. The molecule has 0 N–H and O–H groups in total. The summed E-state index contributed by atoms with van der Waals surface area (Å²) in [6, 6.07) is 14.7. The third-order valence-electron chi connectivity index (χ3n) is 5.73. The normalized spacial score (nSPS) is 17.7. The van der Waals surface area contributed by atoms with Crippen LogP contribution in [0.15, 0.2) is 42.5 Å². The van der Waals surface area contributed by atoms with Crippen LogP contribution in [0.1, 0.15) is 51.3 Å². The van der Waals surface area contributed by atoms with Crippen LogP contribution in [-0.2, 0) is 20.1 Å². The van der Waals surface area contributed by atoms with E-state index < -0.39 is 0 Å². The molecule has 3 rings (SSSR count). The molecule has 0 spiro atoms. The molecule has 0 bridgehead atoms. The Kier molecular flexibility index (Phi) is 6.79. The van der Waals surface area contributed by atoms with Crippen LogP contribution in [0.5, 0.6) is 5.88 Å². The van der Waals surface area contributed by atoms with E-state index in [2.05, 4.69) is 17.9 Å². The van der Waals surface area contributed by atoms with E-state index in [0.29, 0.717) is 18.5 Å². The van der Waals surface area contributed by atoms with Gasteiger partial charge < -0.3 is 14.2 Å². The Balaban J connectivity index is 1.66. The average molecular weight is 384 g/mol. The summed E-state index contributed by atoms with van der Waals surface area (Å²) in [4.78, 5) is 17.1. The molecule has 1 saturated heterocycles. The largest absolute Gasteiger partial charge is 0.417 e. The van der Waals surface area contributed by atoms with Crippen LogP contribution in [0.4, 0.5) is 4.79 Å². The Labute approximate surface area is 168 Å². The van der Waals surface area contributed by atoms with E-state index in [-0.39, 0.29) is 12.1 Å². The van der Waals surface area contributed by atoms with Crippen molar-refractivity contribution in [1.82, 2.24) is 14.4 Å². The zero-order valence-electron chi connectivity index (χ0n) is 17.6. The Bertz CT molecular complexity index is 769. The van der Waals surface area contributed by atoms with E-state index in [1.54, 1.807) is 4.90 Å². The van der Waals surface area contributed by atoms with E-state index in [1.807, 2.05) is 61.9 Å². The summed E-state index contributed by atoms with van der Waals surface area (Å²) in [5.74, 6) is 0.600. The molecular formula is C23H33N3O2. The van der Waals surface area contributed by atoms with Gasteiger partial charge in [-0.15, -0.1) is 0 Å². The fourth-order valence-corrected chi connectivity index (χ4v) is 3.78. The van der Waals surface area contributed by atoms with Crippen LogP contribution >= 0.6 is 0 Å². The number of nitrogens with zero attached hydrogens (tertiary/aromatic N) is 3. The molecule has 0 aliphatic carbocycles. The van der Waals surface area contributed by atoms with E-state index in [4.69, 9.17) is 4.74 Å². The Morgan fingerprint density at radius 1 is 1.18 bits per heavy atom. The molecule has 0 radical (unpaired) electrons. The Morgan fingerprint density at radius 3 is 2.61 bits per heavy atom. The number of benzene rings is 1. The number of carbonyl (C=O) groups excluding carboxylic acids is 1. The summed E-state index contributed by atoms with van der Waals surface area (Å²) in [5.41, 5.74) is 2.27. The molecule has 2 heterocycles. The van der Waals surface area contributed by atoms with Gasteiger partial charge in [-0.05, 0) is 51.8 Å². The van der Waals surface area contributed by atoms with Gasteiger partial charge in [-0.2, -0.15) is 0 Å². The molecule has 1 fully saturated rings. The second kappa shape index (κ2) is 9.28. The summed E-state index contributed by atoms with van der Waals surface area (Å²) in [6.45, 7) is 8.90. The molecular weight excluding hydrogens is 350 g/mol. The highest BCUT2D eigenvalue weighted by molar-refractivity contribution is 5.70. The van der Waals surface area contributed by atoms with Gasteiger partial charge in [0.2, 0.25) is 5.88 Å². The highest BCUT2D eigenvalue weighted by Gasteiger charge is 2.23. The zero-order valence-corrected chi connectivity index (χ0v) is 17.6. The fraction of sp³-hybridized carbons (Fsp3) is 0.522. The fourth-order valence-electron chi connectivity index (χ4n) is 3.78. The van der Waals surface area contributed by atoms with Crippen molar-refractivity contribution in [3.05, 3.63) is 53.7 Å². The summed E-state index contributed by atoms with van der Waals surface area (Å²) in [7, 11) is 1.98. The number of rotatable bonds is 6. The zero-order chi connectivity index (χ0) is 20.1. The monoisotopic (exact) mass is 383 g/mol. The number of likely N-dealkylation sites (tertiary alicyclic amines) is 1. The number of amides is 1. The van der Waals surface area contributed by atoms with Gasteiger partial charge in [-0.1, -0.05) is 36.8 Å². The number of piperidine rings is 1. The van der Waals surface area contributed by atoms with E-state index >= 15 is 0 Å². The summed E-state index contributed by atoms with van der Waals surface area (Å²) < 4.78 is 7.77. The summed E-state index contributed by atoms with van der Waals surface area (Å²) in [5, 5.41) is 0. The van der Waals surface area contributed by atoms with Crippen molar-refractivity contribution in [2.45, 2.75) is 65.2 Å². The lowest BCUT2D eigenvalue weighted by Crippen LogP contribution is -2.39. The average Bonchev–Trinajstić information content (AvgIpc) is 3.02. The second-order valence-electron chi connectivity index (χ2n) is 8.11. The lowest BCUT2D eigenvalue weighted by molar-refractivity contribution is 0.131. The first-order valence-corrected chi connectivity index (χ1v) is 10.4. The highest BCUT2D eigenvalue weighted by Crippen LogP contribution is 2.23. The van der Waals surface area contributed by atoms with Crippen LogP contribution < -0.4 is 4.74 Å². The minimum Gasteiger partial charge on any atom is -0.393 e. The van der Waals surface area contributed by atoms with Crippen molar-refractivity contribution in [2.24, 2.45) is 7.05 Å². The predicted molar refractivity (Wildman–Crippen MR) is 112 cm³/mol. The summed E-state index contributed by atoms with van der Waals surface area (Å²) >= 11 is 0. The first-order chi connectivity index (χ1) is 13.5. The molecule has 28 heavy (non-hydrogen) atoms. The SMILES string of the molecule is CC1CCCCN1Cc1ccc(OC(=O)N(Cc2ccccc2)C(C)C)n1C. The van der Waals surface area contributed by atoms with Gasteiger partial charge in [0.1, 0.15) is 0 Å². The van der Waals surface area contributed by atoms with Gasteiger partial charge in [-0.25, -0.2) is 4.79 Å². The standard InChI is InChI=1S/C23H33N3O2/c1-18(2)26(16-20-11-6-5-7-12-20)23(27)28-22-14-13-21(24(22)4)17-25-15-9-8-10-19(25)3/h5-7,11-14,18-19H,8-10,15-17H2,1-4H3. The minimum absolute atomic E-state index is 0.0571. The molecule has 1 atom stereocenters. The minimum atomic E-state index is -0.307. The first kappa shape index (κ1) is 20.5. The third kappa shape index (κ3) is 4.96. The number of hydrogen-bond acceptors (Lipinski definition) is 3.